The van der Waals surface area contributed by atoms with Crippen LogP contribution in [-0.4, -0.2) is 15.9 Å². The van der Waals surface area contributed by atoms with Gasteiger partial charge in [0.05, 0.1) is 17.4 Å². The second-order valence-corrected chi connectivity index (χ2v) is 4.75. The molecule has 0 radical (unpaired) electrons. The predicted molar refractivity (Wildman–Crippen MR) is 83.1 cm³/mol. The Labute approximate surface area is 121 Å². The molecule has 0 spiro atoms. The van der Waals surface area contributed by atoms with Gasteiger partial charge in [0.2, 0.25) is 0 Å². The number of nitrogens with zero attached hydrogens (tertiary/aromatic N) is 2. The molecule has 3 aromatic rings. The summed E-state index contributed by atoms with van der Waals surface area (Å²) in [6.45, 7) is 1.91. The largest absolute Gasteiger partial charge is 0.383 e. The Morgan fingerprint density at radius 1 is 1.14 bits per heavy atom. The second kappa shape index (κ2) is 5.20. The van der Waals surface area contributed by atoms with Crippen LogP contribution in [0.25, 0.3) is 10.8 Å². The van der Waals surface area contributed by atoms with Crippen molar-refractivity contribution in [3.05, 3.63) is 60.0 Å². The first-order chi connectivity index (χ1) is 10.2. The molecule has 104 valence electrons. The number of aryl methyl sites for hydroxylation is 1. The Morgan fingerprint density at radius 2 is 1.90 bits per heavy atom. The third kappa shape index (κ3) is 2.41. The molecule has 21 heavy (non-hydrogen) atoms. The average Bonchev–Trinajstić information content (AvgIpc) is 2.50. The summed E-state index contributed by atoms with van der Waals surface area (Å²) >= 11 is 0. The third-order valence-corrected chi connectivity index (χ3v) is 3.36. The maximum Gasteiger partial charge on any atom is 0.257 e. The van der Waals surface area contributed by atoms with Crippen molar-refractivity contribution in [1.29, 1.82) is 0 Å². The number of fused-ring (bicyclic) bond motifs is 1. The Kier molecular flexibility index (Phi) is 3.23. The minimum atomic E-state index is -0.227. The first-order valence-corrected chi connectivity index (χ1v) is 6.52. The van der Waals surface area contributed by atoms with Crippen LogP contribution in [0.2, 0.25) is 0 Å². The quantitative estimate of drug-likeness (QED) is 0.755. The molecule has 0 aliphatic carbocycles. The lowest BCUT2D eigenvalue weighted by atomic mass is 10.1. The van der Waals surface area contributed by atoms with Crippen molar-refractivity contribution >= 4 is 28.2 Å². The van der Waals surface area contributed by atoms with Gasteiger partial charge in [0.25, 0.3) is 5.91 Å². The van der Waals surface area contributed by atoms with Gasteiger partial charge >= 0.3 is 0 Å². The van der Waals surface area contributed by atoms with E-state index >= 15 is 0 Å². The topological polar surface area (TPSA) is 80.9 Å². The number of amides is 1. The van der Waals surface area contributed by atoms with Gasteiger partial charge in [-0.15, -0.1) is 0 Å². The normalized spacial score (nSPS) is 10.5. The van der Waals surface area contributed by atoms with Crippen LogP contribution < -0.4 is 11.1 Å². The first kappa shape index (κ1) is 13.1. The fourth-order valence-corrected chi connectivity index (χ4v) is 2.18. The number of anilines is 2. The van der Waals surface area contributed by atoms with Gasteiger partial charge in [-0.2, -0.15) is 0 Å². The SMILES string of the molecule is Cc1ccncc1NC(=O)c1cnc(N)c2ccccc12. The molecule has 0 aliphatic heterocycles. The summed E-state index contributed by atoms with van der Waals surface area (Å²) < 4.78 is 0. The van der Waals surface area contributed by atoms with E-state index in [-0.39, 0.29) is 5.91 Å². The molecule has 0 saturated heterocycles. The highest BCUT2D eigenvalue weighted by Crippen LogP contribution is 2.23. The number of carbonyl (C=O) groups excluding carboxylic acids is 1. The molecule has 3 rings (SSSR count). The molecule has 2 aromatic heterocycles. The molecular formula is C16H14N4O. The Hall–Kier alpha value is -2.95. The molecule has 3 N–H and O–H groups in total. The van der Waals surface area contributed by atoms with Gasteiger partial charge < -0.3 is 11.1 Å². The molecule has 1 amide bonds. The van der Waals surface area contributed by atoms with Gasteiger partial charge in [0.15, 0.2) is 0 Å². The second-order valence-electron chi connectivity index (χ2n) is 4.75. The zero-order valence-corrected chi connectivity index (χ0v) is 11.5. The molecule has 0 fully saturated rings. The monoisotopic (exact) mass is 278 g/mol. The number of benzene rings is 1. The summed E-state index contributed by atoms with van der Waals surface area (Å²) in [7, 11) is 0. The molecule has 0 bridgehead atoms. The number of nitrogens with two attached hydrogens (primary N) is 1. The van der Waals surface area contributed by atoms with Gasteiger partial charge in [0, 0.05) is 17.8 Å². The summed E-state index contributed by atoms with van der Waals surface area (Å²) in [5.41, 5.74) is 7.97. The van der Waals surface area contributed by atoms with Crippen LogP contribution in [0.5, 0.6) is 0 Å². The zero-order chi connectivity index (χ0) is 14.8. The molecule has 5 heteroatoms. The van der Waals surface area contributed by atoms with Crippen molar-refractivity contribution in [1.82, 2.24) is 9.97 Å². The van der Waals surface area contributed by atoms with Crippen molar-refractivity contribution in [3.63, 3.8) is 0 Å². The van der Waals surface area contributed by atoms with Crippen LogP contribution >= 0.6 is 0 Å². The lowest BCUT2D eigenvalue weighted by Gasteiger charge is -2.10. The summed E-state index contributed by atoms with van der Waals surface area (Å²) in [5.74, 6) is 0.189. The fourth-order valence-electron chi connectivity index (χ4n) is 2.18. The zero-order valence-electron chi connectivity index (χ0n) is 11.5. The van der Waals surface area contributed by atoms with E-state index in [1.54, 1.807) is 12.4 Å². The number of hydrogen-bond donors (Lipinski definition) is 2. The smallest absolute Gasteiger partial charge is 0.257 e. The molecule has 1 aromatic carbocycles. The maximum atomic E-state index is 12.5. The molecule has 2 heterocycles. The van der Waals surface area contributed by atoms with Crippen molar-refractivity contribution in [2.24, 2.45) is 0 Å². The molecular weight excluding hydrogens is 264 g/mol. The number of hydrogen-bond acceptors (Lipinski definition) is 4. The Balaban J connectivity index is 2.03. The fraction of sp³-hybridized carbons (Fsp3) is 0.0625. The van der Waals surface area contributed by atoms with E-state index in [4.69, 9.17) is 5.73 Å². The van der Waals surface area contributed by atoms with Gasteiger partial charge in [-0.1, -0.05) is 24.3 Å². The minimum absolute atomic E-state index is 0.227. The van der Waals surface area contributed by atoms with E-state index in [2.05, 4.69) is 15.3 Å². The Bertz CT molecular complexity index is 829. The van der Waals surface area contributed by atoms with Crippen LogP contribution in [0.1, 0.15) is 15.9 Å². The number of nitrogens with one attached hydrogen (secondary N) is 1. The highest BCUT2D eigenvalue weighted by atomic mass is 16.1. The van der Waals surface area contributed by atoms with Gasteiger partial charge in [0.1, 0.15) is 5.82 Å². The molecule has 5 nitrogen and oxygen atoms in total. The van der Waals surface area contributed by atoms with Crippen molar-refractivity contribution in [3.8, 4) is 0 Å². The highest BCUT2D eigenvalue weighted by Gasteiger charge is 2.13. The van der Waals surface area contributed by atoms with Gasteiger partial charge in [-0.05, 0) is 23.9 Å². The van der Waals surface area contributed by atoms with E-state index in [1.807, 2.05) is 37.3 Å². The standard InChI is InChI=1S/C16H14N4O/c1-10-6-7-18-9-14(10)20-16(21)13-8-19-15(17)12-5-3-2-4-11(12)13/h2-9H,1H3,(H2,17,19)(H,20,21). The average molecular weight is 278 g/mol. The maximum absolute atomic E-state index is 12.5. The van der Waals surface area contributed by atoms with E-state index in [0.717, 1.165) is 16.3 Å². The summed E-state index contributed by atoms with van der Waals surface area (Å²) in [5, 5.41) is 4.41. The minimum Gasteiger partial charge on any atom is -0.383 e. The lowest BCUT2D eigenvalue weighted by molar-refractivity contribution is 0.102. The van der Waals surface area contributed by atoms with Gasteiger partial charge in [-0.25, -0.2) is 4.98 Å². The van der Waals surface area contributed by atoms with Crippen molar-refractivity contribution < 1.29 is 4.79 Å². The highest BCUT2D eigenvalue weighted by molar-refractivity contribution is 6.14. The summed E-state index contributed by atoms with van der Waals surface area (Å²) in [6, 6.07) is 9.29. The van der Waals surface area contributed by atoms with Crippen LogP contribution in [0.4, 0.5) is 11.5 Å². The Morgan fingerprint density at radius 3 is 2.67 bits per heavy atom. The van der Waals surface area contributed by atoms with Crippen LogP contribution in [0.15, 0.2) is 48.9 Å². The number of pyridine rings is 2. The van der Waals surface area contributed by atoms with Gasteiger partial charge in [-0.3, -0.25) is 9.78 Å². The number of carbonyl (C=O) groups is 1. The summed E-state index contributed by atoms with van der Waals surface area (Å²) in [6.07, 6.45) is 4.81. The van der Waals surface area contributed by atoms with E-state index in [1.165, 1.54) is 6.20 Å². The summed E-state index contributed by atoms with van der Waals surface area (Å²) in [4.78, 5) is 20.6. The number of rotatable bonds is 2. The lowest BCUT2D eigenvalue weighted by Crippen LogP contribution is -2.14. The van der Waals surface area contributed by atoms with Crippen molar-refractivity contribution in [2.45, 2.75) is 6.92 Å². The molecule has 0 atom stereocenters. The molecule has 0 saturated carbocycles. The predicted octanol–water partition coefficient (Wildman–Crippen LogP) is 2.77. The first-order valence-electron chi connectivity index (χ1n) is 6.52. The number of nitrogen functional groups attached to an aromatic ring is 1. The van der Waals surface area contributed by atoms with Crippen LogP contribution in [0.3, 0.4) is 0 Å². The number of aromatic nitrogens is 2. The molecule has 0 unspecified atom stereocenters. The van der Waals surface area contributed by atoms with Crippen LogP contribution in [-0.2, 0) is 0 Å². The van der Waals surface area contributed by atoms with E-state index in [9.17, 15) is 4.79 Å². The third-order valence-electron chi connectivity index (χ3n) is 3.36. The van der Waals surface area contributed by atoms with Crippen LogP contribution in [0, 0.1) is 6.92 Å². The van der Waals surface area contributed by atoms with Crippen molar-refractivity contribution in [2.75, 3.05) is 11.1 Å². The molecule has 0 aliphatic rings. The van der Waals surface area contributed by atoms with E-state index in [0.29, 0.717) is 17.1 Å². The van der Waals surface area contributed by atoms with E-state index < -0.39 is 0 Å².